The summed E-state index contributed by atoms with van der Waals surface area (Å²) in [6, 6.07) is 2.04. The minimum atomic E-state index is -0.0960. The smallest absolute Gasteiger partial charge is 0.274 e. The minimum Gasteiger partial charge on any atom is -0.370 e. The second-order valence-electron chi connectivity index (χ2n) is 5.32. The standard InChI is InChI=1S/C15H18N4O2S/c1-18(2)14-8-16-12(7-17-14)15(20)19-4-5-21-13(9-19)11-3-6-22-10-11/h3,6-8,10,13H,4-5,9H2,1-2H3. The van der Waals surface area contributed by atoms with E-state index in [1.807, 2.05) is 30.4 Å². The quantitative estimate of drug-likeness (QED) is 0.864. The number of hydrogen-bond acceptors (Lipinski definition) is 6. The summed E-state index contributed by atoms with van der Waals surface area (Å²) >= 11 is 1.63. The lowest BCUT2D eigenvalue weighted by Crippen LogP contribution is -2.42. The van der Waals surface area contributed by atoms with Gasteiger partial charge in [0.05, 0.1) is 25.5 Å². The fourth-order valence-electron chi connectivity index (χ4n) is 2.32. The summed E-state index contributed by atoms with van der Waals surface area (Å²) < 4.78 is 5.76. The lowest BCUT2D eigenvalue weighted by molar-refractivity contribution is -0.0228. The van der Waals surface area contributed by atoms with Crippen molar-refractivity contribution >= 4 is 23.1 Å². The molecule has 1 atom stereocenters. The first-order chi connectivity index (χ1) is 10.6. The molecule has 1 fully saturated rings. The molecule has 1 saturated heterocycles. The first-order valence-electron chi connectivity index (χ1n) is 7.07. The maximum absolute atomic E-state index is 12.6. The third kappa shape index (κ3) is 3.10. The first kappa shape index (κ1) is 14.9. The Bertz CT molecular complexity index is 628. The zero-order valence-corrected chi connectivity index (χ0v) is 13.4. The van der Waals surface area contributed by atoms with Crippen LogP contribution < -0.4 is 4.90 Å². The molecular formula is C15H18N4O2S. The molecule has 1 amide bonds. The van der Waals surface area contributed by atoms with Crippen molar-refractivity contribution in [3.05, 3.63) is 40.5 Å². The van der Waals surface area contributed by atoms with Crippen molar-refractivity contribution in [1.29, 1.82) is 0 Å². The van der Waals surface area contributed by atoms with Gasteiger partial charge in [0.15, 0.2) is 0 Å². The van der Waals surface area contributed by atoms with Gasteiger partial charge in [0.25, 0.3) is 5.91 Å². The summed E-state index contributed by atoms with van der Waals surface area (Å²) in [5.41, 5.74) is 1.49. The van der Waals surface area contributed by atoms with E-state index in [4.69, 9.17) is 4.74 Å². The number of morpholine rings is 1. The van der Waals surface area contributed by atoms with Gasteiger partial charge in [0.1, 0.15) is 17.6 Å². The summed E-state index contributed by atoms with van der Waals surface area (Å²) in [6.07, 6.45) is 3.09. The molecule has 22 heavy (non-hydrogen) atoms. The Morgan fingerprint density at radius 1 is 1.41 bits per heavy atom. The summed E-state index contributed by atoms with van der Waals surface area (Å²) in [5.74, 6) is 0.635. The fraction of sp³-hybridized carbons (Fsp3) is 0.400. The highest BCUT2D eigenvalue weighted by molar-refractivity contribution is 7.07. The number of nitrogens with zero attached hydrogens (tertiary/aromatic N) is 4. The lowest BCUT2D eigenvalue weighted by Gasteiger charge is -2.32. The van der Waals surface area contributed by atoms with Gasteiger partial charge in [-0.2, -0.15) is 11.3 Å². The predicted octanol–water partition coefficient (Wildman–Crippen LogP) is 1.82. The van der Waals surface area contributed by atoms with Crippen LogP contribution in [0.25, 0.3) is 0 Å². The Morgan fingerprint density at radius 2 is 2.27 bits per heavy atom. The van der Waals surface area contributed by atoms with Crippen molar-refractivity contribution in [3.63, 3.8) is 0 Å². The van der Waals surface area contributed by atoms with Gasteiger partial charge in [0, 0.05) is 20.6 Å². The Morgan fingerprint density at radius 3 is 2.91 bits per heavy atom. The number of amides is 1. The summed E-state index contributed by atoms with van der Waals surface area (Å²) in [6.45, 7) is 1.67. The number of rotatable bonds is 3. The molecule has 3 heterocycles. The molecule has 0 saturated carbocycles. The van der Waals surface area contributed by atoms with Crippen molar-refractivity contribution in [2.75, 3.05) is 38.7 Å². The van der Waals surface area contributed by atoms with Crippen molar-refractivity contribution in [1.82, 2.24) is 14.9 Å². The number of hydrogen-bond donors (Lipinski definition) is 0. The van der Waals surface area contributed by atoms with Crippen LogP contribution in [0.2, 0.25) is 0 Å². The first-order valence-corrected chi connectivity index (χ1v) is 8.02. The monoisotopic (exact) mass is 318 g/mol. The Kier molecular flexibility index (Phi) is 4.35. The zero-order valence-electron chi connectivity index (χ0n) is 12.6. The highest BCUT2D eigenvalue weighted by Crippen LogP contribution is 2.24. The molecule has 6 nitrogen and oxygen atoms in total. The largest absolute Gasteiger partial charge is 0.370 e. The Hall–Kier alpha value is -1.99. The van der Waals surface area contributed by atoms with Crippen LogP contribution in [0.4, 0.5) is 5.82 Å². The number of thiophene rings is 1. The zero-order chi connectivity index (χ0) is 15.5. The fourth-order valence-corrected chi connectivity index (χ4v) is 3.02. The number of anilines is 1. The molecule has 2 aromatic rings. The molecule has 0 aromatic carbocycles. The molecule has 3 rings (SSSR count). The van der Waals surface area contributed by atoms with Gasteiger partial charge in [-0.1, -0.05) is 0 Å². The number of carbonyl (C=O) groups excluding carboxylic acids is 1. The molecule has 0 radical (unpaired) electrons. The van der Waals surface area contributed by atoms with E-state index < -0.39 is 0 Å². The molecule has 0 N–H and O–H groups in total. The molecule has 7 heteroatoms. The van der Waals surface area contributed by atoms with Crippen LogP contribution in [0, 0.1) is 0 Å². The Labute approximate surface area is 133 Å². The van der Waals surface area contributed by atoms with Gasteiger partial charge in [-0.15, -0.1) is 0 Å². The van der Waals surface area contributed by atoms with Crippen LogP contribution in [0.3, 0.4) is 0 Å². The molecule has 0 aliphatic carbocycles. The van der Waals surface area contributed by atoms with E-state index in [0.29, 0.717) is 25.4 Å². The van der Waals surface area contributed by atoms with Crippen molar-refractivity contribution in [3.8, 4) is 0 Å². The topological polar surface area (TPSA) is 58.6 Å². The summed E-state index contributed by atoms with van der Waals surface area (Å²) in [7, 11) is 3.78. The second-order valence-corrected chi connectivity index (χ2v) is 6.10. The van der Waals surface area contributed by atoms with E-state index >= 15 is 0 Å². The number of aromatic nitrogens is 2. The predicted molar refractivity (Wildman–Crippen MR) is 85.3 cm³/mol. The van der Waals surface area contributed by atoms with Gasteiger partial charge in [0.2, 0.25) is 0 Å². The van der Waals surface area contributed by atoms with E-state index in [-0.39, 0.29) is 12.0 Å². The van der Waals surface area contributed by atoms with E-state index in [1.165, 1.54) is 6.20 Å². The number of carbonyl (C=O) groups is 1. The highest BCUT2D eigenvalue weighted by atomic mass is 32.1. The second kappa shape index (κ2) is 6.41. The Balaban J connectivity index is 1.71. The van der Waals surface area contributed by atoms with Gasteiger partial charge in [-0.3, -0.25) is 4.79 Å². The van der Waals surface area contributed by atoms with Crippen molar-refractivity contribution < 1.29 is 9.53 Å². The van der Waals surface area contributed by atoms with E-state index in [2.05, 4.69) is 15.3 Å². The summed E-state index contributed by atoms with van der Waals surface area (Å²) in [4.78, 5) is 24.7. The normalized spacial score (nSPS) is 18.3. The highest BCUT2D eigenvalue weighted by Gasteiger charge is 2.27. The molecule has 0 bridgehead atoms. The molecule has 0 spiro atoms. The van der Waals surface area contributed by atoms with Crippen LogP contribution in [-0.4, -0.2) is 54.6 Å². The SMILES string of the molecule is CN(C)c1cnc(C(=O)N2CCOC(c3ccsc3)C2)cn1. The van der Waals surface area contributed by atoms with Crippen LogP contribution in [0.15, 0.2) is 29.2 Å². The van der Waals surface area contributed by atoms with E-state index in [0.717, 1.165) is 11.4 Å². The molecule has 1 unspecified atom stereocenters. The van der Waals surface area contributed by atoms with Crippen molar-refractivity contribution in [2.45, 2.75) is 6.10 Å². The molecule has 1 aliphatic rings. The molecular weight excluding hydrogens is 300 g/mol. The van der Waals surface area contributed by atoms with Gasteiger partial charge in [-0.05, 0) is 22.4 Å². The van der Waals surface area contributed by atoms with E-state index in [1.54, 1.807) is 22.4 Å². The average molecular weight is 318 g/mol. The van der Waals surface area contributed by atoms with Gasteiger partial charge >= 0.3 is 0 Å². The third-order valence-corrected chi connectivity index (χ3v) is 4.29. The van der Waals surface area contributed by atoms with Crippen LogP contribution in [0.1, 0.15) is 22.2 Å². The van der Waals surface area contributed by atoms with Gasteiger partial charge in [-0.25, -0.2) is 9.97 Å². The summed E-state index contributed by atoms with van der Waals surface area (Å²) in [5, 5.41) is 4.08. The van der Waals surface area contributed by atoms with Crippen LogP contribution >= 0.6 is 11.3 Å². The van der Waals surface area contributed by atoms with Crippen molar-refractivity contribution in [2.24, 2.45) is 0 Å². The average Bonchev–Trinajstić information content (AvgIpc) is 3.09. The lowest BCUT2D eigenvalue weighted by atomic mass is 10.1. The molecule has 116 valence electrons. The minimum absolute atomic E-state index is 0.0574. The van der Waals surface area contributed by atoms with Crippen LogP contribution in [0.5, 0.6) is 0 Å². The van der Waals surface area contributed by atoms with E-state index in [9.17, 15) is 4.79 Å². The van der Waals surface area contributed by atoms with Gasteiger partial charge < -0.3 is 14.5 Å². The maximum Gasteiger partial charge on any atom is 0.274 e. The maximum atomic E-state index is 12.6. The molecule has 2 aromatic heterocycles. The third-order valence-electron chi connectivity index (χ3n) is 3.58. The molecule has 1 aliphatic heterocycles. The number of ether oxygens (including phenoxy) is 1. The van der Waals surface area contributed by atoms with Crippen LogP contribution in [-0.2, 0) is 4.74 Å².